The molecule has 0 aliphatic heterocycles. The van der Waals surface area contributed by atoms with E-state index in [1.54, 1.807) is 14.0 Å². The topological polar surface area (TPSA) is 17.8 Å². The van der Waals surface area contributed by atoms with Crippen LogP contribution in [-0.2, 0) is 13.2 Å². The molecule has 0 amide bonds. The van der Waals surface area contributed by atoms with Gasteiger partial charge in [-0.1, -0.05) is 0 Å². The van der Waals surface area contributed by atoms with Gasteiger partial charge in [-0.05, 0) is 25.7 Å². The van der Waals surface area contributed by atoms with Gasteiger partial charge in [0, 0.05) is 18.3 Å². The Balaban J connectivity index is 2.53. The molecule has 14 heavy (non-hydrogen) atoms. The van der Waals surface area contributed by atoms with Crippen LogP contribution in [0.1, 0.15) is 35.7 Å². The van der Waals surface area contributed by atoms with Crippen LogP contribution in [0.25, 0.3) is 0 Å². The number of aromatic nitrogens is 2. The molecule has 0 saturated heterocycles. The molecule has 1 aromatic rings. The van der Waals surface area contributed by atoms with Crippen molar-refractivity contribution in [2.24, 2.45) is 7.05 Å². The van der Waals surface area contributed by atoms with E-state index < -0.39 is 11.9 Å². The Morgan fingerprint density at radius 3 is 2.36 bits per heavy atom. The smallest absolute Gasteiger partial charge is 0.272 e. The second-order valence-electron chi connectivity index (χ2n) is 3.74. The average molecular weight is 204 g/mol. The number of hydrogen-bond donors (Lipinski definition) is 0. The Morgan fingerprint density at radius 1 is 1.36 bits per heavy atom. The van der Waals surface area contributed by atoms with Crippen molar-refractivity contribution in [3.05, 3.63) is 17.0 Å². The minimum atomic E-state index is -4.32. The molecular weight excluding hydrogens is 193 g/mol. The quantitative estimate of drug-likeness (QED) is 0.687. The Kier molecular flexibility index (Phi) is 1.87. The molecule has 5 heteroatoms. The van der Waals surface area contributed by atoms with Crippen LogP contribution in [0, 0.1) is 6.92 Å². The molecule has 78 valence electrons. The van der Waals surface area contributed by atoms with Crippen molar-refractivity contribution in [1.82, 2.24) is 9.78 Å². The molecule has 1 aliphatic rings. The number of halogens is 3. The first-order valence-corrected chi connectivity index (χ1v) is 4.52. The van der Waals surface area contributed by atoms with Crippen molar-refractivity contribution < 1.29 is 13.2 Å². The van der Waals surface area contributed by atoms with Gasteiger partial charge in [-0.15, -0.1) is 0 Å². The highest BCUT2D eigenvalue weighted by Crippen LogP contribution is 2.46. The summed E-state index contributed by atoms with van der Waals surface area (Å²) < 4.78 is 39.0. The number of hydrogen-bond acceptors (Lipinski definition) is 1. The summed E-state index contributed by atoms with van der Waals surface area (Å²) in [5.74, 6) is 0.0836. The Labute approximate surface area is 79.7 Å². The highest BCUT2D eigenvalue weighted by atomic mass is 19.4. The molecule has 2 rings (SSSR count). The van der Waals surface area contributed by atoms with Crippen LogP contribution in [0.15, 0.2) is 0 Å². The van der Waals surface area contributed by atoms with Crippen LogP contribution in [-0.4, -0.2) is 9.78 Å². The molecule has 1 saturated carbocycles. The summed E-state index contributed by atoms with van der Waals surface area (Å²) >= 11 is 0. The first kappa shape index (κ1) is 9.55. The maximum absolute atomic E-state index is 12.6. The van der Waals surface area contributed by atoms with E-state index in [0.717, 1.165) is 12.8 Å². The highest BCUT2D eigenvalue weighted by molar-refractivity contribution is 5.34. The SMILES string of the molecule is Cc1c(C2CC2)c(C(F)(F)F)nn1C. The summed E-state index contributed by atoms with van der Waals surface area (Å²) in [7, 11) is 1.55. The average Bonchev–Trinajstić information content (AvgIpc) is 2.81. The van der Waals surface area contributed by atoms with E-state index in [0.29, 0.717) is 11.3 Å². The van der Waals surface area contributed by atoms with Gasteiger partial charge in [0.25, 0.3) is 0 Å². The van der Waals surface area contributed by atoms with Crippen molar-refractivity contribution in [3.8, 4) is 0 Å². The molecule has 0 atom stereocenters. The van der Waals surface area contributed by atoms with E-state index in [9.17, 15) is 13.2 Å². The summed E-state index contributed by atoms with van der Waals surface area (Å²) in [4.78, 5) is 0. The van der Waals surface area contributed by atoms with E-state index in [-0.39, 0.29) is 5.92 Å². The van der Waals surface area contributed by atoms with Crippen molar-refractivity contribution in [3.63, 3.8) is 0 Å². The maximum atomic E-state index is 12.6. The zero-order chi connectivity index (χ0) is 10.5. The molecule has 2 nitrogen and oxygen atoms in total. The molecule has 0 N–H and O–H groups in total. The second kappa shape index (κ2) is 2.74. The fourth-order valence-corrected chi connectivity index (χ4v) is 1.69. The summed E-state index contributed by atoms with van der Waals surface area (Å²) in [6, 6.07) is 0. The van der Waals surface area contributed by atoms with Crippen LogP contribution in [0.2, 0.25) is 0 Å². The van der Waals surface area contributed by atoms with E-state index >= 15 is 0 Å². The van der Waals surface area contributed by atoms with E-state index in [2.05, 4.69) is 5.10 Å². The van der Waals surface area contributed by atoms with Gasteiger partial charge in [0.15, 0.2) is 5.69 Å². The normalized spacial score (nSPS) is 17.5. The number of rotatable bonds is 1. The van der Waals surface area contributed by atoms with Crippen molar-refractivity contribution in [2.45, 2.75) is 31.9 Å². The van der Waals surface area contributed by atoms with Gasteiger partial charge in [0.05, 0.1) is 0 Å². The van der Waals surface area contributed by atoms with E-state index in [1.807, 2.05) is 0 Å². The molecule has 1 heterocycles. The molecule has 0 spiro atoms. The lowest BCUT2D eigenvalue weighted by atomic mass is 10.1. The Bertz CT molecular complexity index is 361. The predicted octanol–water partition coefficient (Wildman–Crippen LogP) is 2.62. The molecule has 1 aromatic heterocycles. The highest BCUT2D eigenvalue weighted by Gasteiger charge is 2.42. The van der Waals surface area contributed by atoms with Crippen molar-refractivity contribution >= 4 is 0 Å². The first-order valence-electron chi connectivity index (χ1n) is 4.52. The van der Waals surface area contributed by atoms with Gasteiger partial charge in [-0.3, -0.25) is 4.68 Å². The fourth-order valence-electron chi connectivity index (χ4n) is 1.69. The Morgan fingerprint density at radius 2 is 1.93 bits per heavy atom. The zero-order valence-electron chi connectivity index (χ0n) is 8.02. The third kappa shape index (κ3) is 1.40. The second-order valence-corrected chi connectivity index (χ2v) is 3.74. The standard InChI is InChI=1S/C9H11F3N2/c1-5-7(6-3-4-6)8(9(10,11)12)13-14(5)2/h6H,3-4H2,1-2H3. The zero-order valence-corrected chi connectivity index (χ0v) is 8.02. The number of aryl methyl sites for hydroxylation is 1. The molecule has 0 radical (unpaired) electrons. The molecule has 1 aliphatic carbocycles. The first-order chi connectivity index (χ1) is 6.41. The van der Waals surface area contributed by atoms with Gasteiger partial charge < -0.3 is 0 Å². The Hall–Kier alpha value is -1.00. The molecule has 0 unspecified atom stereocenters. The van der Waals surface area contributed by atoms with Gasteiger partial charge in [-0.25, -0.2) is 0 Å². The summed E-state index contributed by atoms with van der Waals surface area (Å²) in [6.07, 6.45) is -2.60. The summed E-state index contributed by atoms with van der Waals surface area (Å²) in [5.41, 5.74) is 0.347. The van der Waals surface area contributed by atoms with Crippen LogP contribution >= 0.6 is 0 Å². The summed E-state index contributed by atoms with van der Waals surface area (Å²) in [6.45, 7) is 1.69. The largest absolute Gasteiger partial charge is 0.435 e. The lowest BCUT2D eigenvalue weighted by Gasteiger charge is -2.05. The summed E-state index contributed by atoms with van der Waals surface area (Å²) in [5, 5.41) is 3.53. The molecule has 0 bridgehead atoms. The molecular formula is C9H11F3N2. The monoisotopic (exact) mass is 204 g/mol. The number of nitrogens with zero attached hydrogens (tertiary/aromatic N) is 2. The fraction of sp³-hybridized carbons (Fsp3) is 0.667. The predicted molar refractivity (Wildman–Crippen MR) is 44.9 cm³/mol. The van der Waals surface area contributed by atoms with E-state index in [4.69, 9.17) is 0 Å². The van der Waals surface area contributed by atoms with Crippen LogP contribution in [0.3, 0.4) is 0 Å². The molecule has 1 fully saturated rings. The van der Waals surface area contributed by atoms with Gasteiger partial charge in [-0.2, -0.15) is 18.3 Å². The lowest BCUT2D eigenvalue weighted by Crippen LogP contribution is -2.09. The third-order valence-electron chi connectivity index (χ3n) is 2.63. The minimum absolute atomic E-state index is 0.0836. The van der Waals surface area contributed by atoms with Crippen LogP contribution in [0.4, 0.5) is 13.2 Å². The van der Waals surface area contributed by atoms with E-state index in [1.165, 1.54) is 4.68 Å². The minimum Gasteiger partial charge on any atom is -0.272 e. The van der Waals surface area contributed by atoms with Gasteiger partial charge >= 0.3 is 6.18 Å². The number of alkyl halides is 3. The maximum Gasteiger partial charge on any atom is 0.435 e. The van der Waals surface area contributed by atoms with Crippen molar-refractivity contribution in [2.75, 3.05) is 0 Å². The van der Waals surface area contributed by atoms with Gasteiger partial charge in [0.2, 0.25) is 0 Å². The third-order valence-corrected chi connectivity index (χ3v) is 2.63. The van der Waals surface area contributed by atoms with Crippen LogP contribution < -0.4 is 0 Å². The van der Waals surface area contributed by atoms with Crippen molar-refractivity contribution in [1.29, 1.82) is 0 Å². The van der Waals surface area contributed by atoms with Crippen LogP contribution in [0.5, 0.6) is 0 Å². The van der Waals surface area contributed by atoms with Gasteiger partial charge in [0.1, 0.15) is 0 Å². The lowest BCUT2D eigenvalue weighted by molar-refractivity contribution is -0.142. The molecule has 0 aromatic carbocycles.